The molecular formula is C29H30O3. The lowest BCUT2D eigenvalue weighted by Crippen LogP contribution is -2.56. The molecule has 4 fully saturated rings. The molecule has 4 aliphatic rings. The second-order valence-corrected chi connectivity index (χ2v) is 11.7. The summed E-state index contributed by atoms with van der Waals surface area (Å²) in [6.07, 6.45) is 7.56. The van der Waals surface area contributed by atoms with Gasteiger partial charge in [-0.05, 0) is 108 Å². The fourth-order valence-electron chi connectivity index (χ4n) is 8.45. The Kier molecular flexibility index (Phi) is 3.95. The molecule has 3 aromatic carbocycles. The molecule has 2 unspecified atom stereocenters. The molecule has 0 saturated heterocycles. The highest BCUT2D eigenvalue weighted by atomic mass is 16.4. The van der Waals surface area contributed by atoms with E-state index in [4.69, 9.17) is 0 Å². The summed E-state index contributed by atoms with van der Waals surface area (Å²) >= 11 is 0. The highest BCUT2D eigenvalue weighted by molar-refractivity contribution is 5.95. The molecule has 4 bridgehead atoms. The van der Waals surface area contributed by atoms with Gasteiger partial charge in [-0.2, -0.15) is 0 Å². The highest BCUT2D eigenvalue weighted by Gasteiger charge is 2.61. The number of aromatic carboxylic acids is 1. The van der Waals surface area contributed by atoms with Gasteiger partial charge < -0.3 is 10.2 Å². The number of hydrogen-bond donors (Lipinski definition) is 2. The van der Waals surface area contributed by atoms with E-state index in [1.54, 1.807) is 12.1 Å². The van der Waals surface area contributed by atoms with E-state index in [0.29, 0.717) is 22.1 Å². The Morgan fingerprint density at radius 3 is 2.12 bits per heavy atom. The Bertz CT molecular complexity index is 1250. The minimum absolute atomic E-state index is 0.0796. The molecule has 4 aliphatic carbocycles. The maximum Gasteiger partial charge on any atom is 0.335 e. The van der Waals surface area contributed by atoms with Crippen LogP contribution in [0.1, 0.15) is 68.3 Å². The van der Waals surface area contributed by atoms with Crippen LogP contribution in [0.15, 0.2) is 54.6 Å². The number of phenols is 1. The van der Waals surface area contributed by atoms with Crippen molar-refractivity contribution in [2.24, 2.45) is 16.7 Å². The van der Waals surface area contributed by atoms with Crippen LogP contribution in [0, 0.1) is 16.7 Å². The summed E-state index contributed by atoms with van der Waals surface area (Å²) in [6, 6.07) is 17.6. The number of hydrogen-bond acceptors (Lipinski definition) is 2. The van der Waals surface area contributed by atoms with Gasteiger partial charge in [-0.3, -0.25) is 0 Å². The van der Waals surface area contributed by atoms with Crippen molar-refractivity contribution in [2.45, 2.75) is 57.8 Å². The van der Waals surface area contributed by atoms with Gasteiger partial charge in [0.2, 0.25) is 0 Å². The SMILES string of the molecule is CC12CC3CC(C)(C1)CC(c1cc(-c4ccc5cc(C(=O)O)ccc5c4)ccc1O)(C3)C2. The van der Waals surface area contributed by atoms with Gasteiger partial charge in [0, 0.05) is 11.0 Å². The summed E-state index contributed by atoms with van der Waals surface area (Å²) in [5.74, 6) is 0.306. The van der Waals surface area contributed by atoms with Crippen molar-refractivity contribution < 1.29 is 15.0 Å². The molecule has 164 valence electrons. The zero-order valence-corrected chi connectivity index (χ0v) is 18.8. The van der Waals surface area contributed by atoms with Gasteiger partial charge in [0.25, 0.3) is 0 Å². The van der Waals surface area contributed by atoms with Crippen molar-refractivity contribution in [2.75, 3.05) is 0 Å². The maximum absolute atomic E-state index is 11.3. The van der Waals surface area contributed by atoms with Crippen molar-refractivity contribution in [3.05, 3.63) is 65.7 Å². The van der Waals surface area contributed by atoms with Gasteiger partial charge in [-0.15, -0.1) is 0 Å². The topological polar surface area (TPSA) is 57.5 Å². The monoisotopic (exact) mass is 426 g/mol. The number of carboxylic acids is 1. The molecular weight excluding hydrogens is 396 g/mol. The van der Waals surface area contributed by atoms with E-state index in [0.717, 1.165) is 33.4 Å². The first-order chi connectivity index (χ1) is 15.2. The van der Waals surface area contributed by atoms with E-state index in [9.17, 15) is 15.0 Å². The van der Waals surface area contributed by atoms with Crippen LogP contribution >= 0.6 is 0 Å². The highest BCUT2D eigenvalue weighted by Crippen LogP contribution is 2.70. The minimum atomic E-state index is -0.905. The number of carboxylic acid groups (broad SMARTS) is 1. The third kappa shape index (κ3) is 2.97. The molecule has 0 aromatic heterocycles. The number of aromatic hydroxyl groups is 1. The number of phenolic OH excluding ortho intramolecular Hbond substituents is 1. The summed E-state index contributed by atoms with van der Waals surface area (Å²) in [4.78, 5) is 11.3. The second kappa shape index (κ2) is 6.37. The average molecular weight is 427 g/mol. The van der Waals surface area contributed by atoms with Gasteiger partial charge in [-0.25, -0.2) is 4.79 Å². The van der Waals surface area contributed by atoms with Crippen LogP contribution in [-0.4, -0.2) is 16.2 Å². The zero-order chi connectivity index (χ0) is 22.3. The molecule has 3 aromatic rings. The lowest BCUT2D eigenvalue weighted by Gasteiger charge is -2.65. The zero-order valence-electron chi connectivity index (χ0n) is 18.8. The van der Waals surface area contributed by atoms with Crippen molar-refractivity contribution >= 4 is 16.7 Å². The van der Waals surface area contributed by atoms with Crippen molar-refractivity contribution in [3.63, 3.8) is 0 Å². The minimum Gasteiger partial charge on any atom is -0.508 e. The molecule has 7 rings (SSSR count). The average Bonchev–Trinajstić information content (AvgIpc) is 2.70. The number of benzene rings is 3. The van der Waals surface area contributed by atoms with Crippen molar-refractivity contribution in [1.29, 1.82) is 0 Å². The molecule has 3 nitrogen and oxygen atoms in total. The Hall–Kier alpha value is -2.81. The summed E-state index contributed by atoms with van der Waals surface area (Å²) in [7, 11) is 0. The summed E-state index contributed by atoms with van der Waals surface area (Å²) in [5, 5.41) is 22.2. The second-order valence-electron chi connectivity index (χ2n) is 11.7. The predicted molar refractivity (Wildman–Crippen MR) is 127 cm³/mol. The molecule has 0 radical (unpaired) electrons. The molecule has 0 amide bonds. The van der Waals surface area contributed by atoms with Gasteiger partial charge in [-0.1, -0.05) is 38.1 Å². The summed E-state index contributed by atoms with van der Waals surface area (Å²) < 4.78 is 0. The lowest BCUT2D eigenvalue weighted by molar-refractivity contribution is -0.110. The van der Waals surface area contributed by atoms with Crippen LogP contribution in [0.25, 0.3) is 21.9 Å². The summed E-state index contributed by atoms with van der Waals surface area (Å²) in [5.41, 5.74) is 4.52. The molecule has 0 spiro atoms. The largest absolute Gasteiger partial charge is 0.508 e. The molecule has 2 atom stereocenters. The Balaban J connectivity index is 1.43. The third-order valence-electron chi connectivity index (χ3n) is 8.61. The van der Waals surface area contributed by atoms with E-state index in [1.807, 2.05) is 24.3 Å². The van der Waals surface area contributed by atoms with Crippen molar-refractivity contribution in [3.8, 4) is 16.9 Å². The predicted octanol–water partition coefficient (Wildman–Crippen LogP) is 7.16. The number of rotatable bonds is 3. The smallest absolute Gasteiger partial charge is 0.335 e. The molecule has 0 aliphatic heterocycles. The van der Waals surface area contributed by atoms with Crippen LogP contribution in [0.5, 0.6) is 5.75 Å². The summed E-state index contributed by atoms with van der Waals surface area (Å²) in [6.45, 7) is 4.94. The van der Waals surface area contributed by atoms with Crippen LogP contribution in [0.4, 0.5) is 0 Å². The lowest BCUT2D eigenvalue weighted by atomic mass is 9.39. The van der Waals surface area contributed by atoms with E-state index < -0.39 is 5.97 Å². The third-order valence-corrected chi connectivity index (χ3v) is 8.61. The van der Waals surface area contributed by atoms with E-state index >= 15 is 0 Å². The first-order valence-corrected chi connectivity index (χ1v) is 11.8. The molecule has 3 heteroatoms. The molecule has 0 heterocycles. The van der Waals surface area contributed by atoms with E-state index in [2.05, 4.69) is 32.0 Å². The van der Waals surface area contributed by atoms with E-state index in [-0.39, 0.29) is 5.41 Å². The van der Waals surface area contributed by atoms with Gasteiger partial charge in [0.05, 0.1) is 5.56 Å². The van der Waals surface area contributed by atoms with Gasteiger partial charge in [0.1, 0.15) is 5.75 Å². The standard InChI is InChI=1S/C29H30O3/c1-27-12-18-13-28(2,15-27)17-29(14-18,16-27)24-11-22(7-8-25(24)30)20-3-4-21-10-23(26(31)32)6-5-19(21)9-20/h3-11,18,30H,12-17H2,1-2H3,(H,31,32). The Morgan fingerprint density at radius 1 is 0.812 bits per heavy atom. The van der Waals surface area contributed by atoms with Crippen LogP contribution in [0.3, 0.4) is 0 Å². The van der Waals surface area contributed by atoms with Crippen molar-refractivity contribution in [1.82, 2.24) is 0 Å². The first-order valence-electron chi connectivity index (χ1n) is 11.8. The quantitative estimate of drug-likeness (QED) is 0.467. The van der Waals surface area contributed by atoms with Crippen LogP contribution in [0.2, 0.25) is 0 Å². The fourth-order valence-corrected chi connectivity index (χ4v) is 8.45. The molecule has 32 heavy (non-hydrogen) atoms. The van der Waals surface area contributed by atoms with Gasteiger partial charge in [0.15, 0.2) is 0 Å². The number of carbonyl (C=O) groups is 1. The normalized spacial score (nSPS) is 33.0. The van der Waals surface area contributed by atoms with Crippen LogP contribution < -0.4 is 0 Å². The van der Waals surface area contributed by atoms with Gasteiger partial charge >= 0.3 is 5.97 Å². The molecule has 2 N–H and O–H groups in total. The Labute approximate surface area is 189 Å². The van der Waals surface area contributed by atoms with E-state index in [1.165, 1.54) is 38.5 Å². The number of fused-ring (bicyclic) bond motifs is 1. The van der Waals surface area contributed by atoms with Crippen LogP contribution in [-0.2, 0) is 5.41 Å². The first kappa shape index (κ1) is 19.8. The fraction of sp³-hybridized carbons (Fsp3) is 0.414. The molecule has 4 saturated carbocycles. The maximum atomic E-state index is 11.3. The Morgan fingerprint density at radius 2 is 1.44 bits per heavy atom.